The van der Waals surface area contributed by atoms with Crippen molar-refractivity contribution in [2.75, 3.05) is 6.61 Å². The van der Waals surface area contributed by atoms with Crippen molar-refractivity contribution in [3.05, 3.63) is 35.5 Å². The molecule has 0 aromatic carbocycles. The zero-order valence-electron chi connectivity index (χ0n) is 9.80. The molecule has 7 heteroatoms. The fourth-order valence-corrected chi connectivity index (χ4v) is 1.77. The fourth-order valence-electron chi connectivity index (χ4n) is 1.51. The number of nitrogens with zero attached hydrogens (tertiary/aromatic N) is 3. The molecule has 96 valence electrons. The van der Waals surface area contributed by atoms with Crippen molar-refractivity contribution in [1.82, 2.24) is 15.0 Å². The quantitative estimate of drug-likeness (QED) is 0.612. The van der Waals surface area contributed by atoms with E-state index in [4.69, 9.17) is 20.8 Å². The van der Waals surface area contributed by atoms with E-state index in [1.807, 2.05) is 6.07 Å². The van der Waals surface area contributed by atoms with Gasteiger partial charge in [0.05, 0.1) is 37.3 Å². The van der Waals surface area contributed by atoms with E-state index in [1.54, 1.807) is 24.1 Å². The van der Waals surface area contributed by atoms with Gasteiger partial charge in [-0.25, -0.2) is 9.48 Å². The topological polar surface area (TPSA) is 70.2 Å². The Bertz CT molecular complexity index is 522. The number of hydrogen-bond acceptors (Lipinski definition) is 5. The third kappa shape index (κ3) is 2.53. The van der Waals surface area contributed by atoms with E-state index in [0.717, 1.165) is 5.56 Å². The van der Waals surface area contributed by atoms with Crippen LogP contribution in [0.4, 0.5) is 0 Å². The maximum atomic E-state index is 11.6. The number of furan rings is 1. The molecule has 2 aromatic rings. The van der Waals surface area contributed by atoms with E-state index in [1.165, 1.54) is 0 Å². The molecule has 0 aliphatic heterocycles. The molecule has 2 heterocycles. The van der Waals surface area contributed by atoms with Crippen LogP contribution in [0.1, 0.15) is 28.7 Å². The normalized spacial score (nSPS) is 10.6. The Morgan fingerprint density at radius 3 is 3.06 bits per heavy atom. The van der Waals surface area contributed by atoms with Crippen LogP contribution >= 0.6 is 11.6 Å². The van der Waals surface area contributed by atoms with E-state index in [9.17, 15) is 4.79 Å². The van der Waals surface area contributed by atoms with Crippen LogP contribution in [0, 0.1) is 0 Å². The van der Waals surface area contributed by atoms with Gasteiger partial charge in [0.15, 0.2) is 5.69 Å². The number of halogens is 1. The number of hydrogen-bond donors (Lipinski definition) is 0. The molecule has 0 N–H and O–H groups in total. The molecular weight excluding hydrogens is 258 g/mol. The van der Waals surface area contributed by atoms with Crippen LogP contribution in [0.15, 0.2) is 23.0 Å². The van der Waals surface area contributed by atoms with E-state index in [0.29, 0.717) is 12.2 Å². The molecule has 0 saturated carbocycles. The van der Waals surface area contributed by atoms with Gasteiger partial charge < -0.3 is 9.15 Å². The minimum absolute atomic E-state index is 0.138. The van der Waals surface area contributed by atoms with Crippen LogP contribution < -0.4 is 0 Å². The molecule has 0 bridgehead atoms. The highest BCUT2D eigenvalue weighted by atomic mass is 35.5. The molecule has 2 rings (SSSR count). The average molecular weight is 270 g/mol. The highest BCUT2D eigenvalue weighted by molar-refractivity contribution is 6.17. The van der Waals surface area contributed by atoms with Gasteiger partial charge in [-0.15, -0.1) is 16.7 Å². The van der Waals surface area contributed by atoms with Crippen molar-refractivity contribution in [2.24, 2.45) is 0 Å². The lowest BCUT2D eigenvalue weighted by atomic mass is 10.3. The summed E-state index contributed by atoms with van der Waals surface area (Å²) in [6.45, 7) is 2.47. The van der Waals surface area contributed by atoms with Gasteiger partial charge in [-0.1, -0.05) is 5.21 Å². The molecule has 0 aliphatic rings. The second-order valence-corrected chi connectivity index (χ2v) is 3.80. The molecule has 0 spiro atoms. The second kappa shape index (κ2) is 5.68. The molecule has 0 aliphatic carbocycles. The van der Waals surface area contributed by atoms with Crippen LogP contribution in [-0.4, -0.2) is 27.6 Å². The number of alkyl halides is 1. The molecule has 0 atom stereocenters. The largest absolute Gasteiger partial charge is 0.472 e. The Hall–Kier alpha value is -1.82. The summed E-state index contributed by atoms with van der Waals surface area (Å²) in [6.07, 6.45) is 3.17. The molecule has 0 radical (unpaired) electrons. The molecule has 6 nitrogen and oxygen atoms in total. The SMILES string of the molecule is CCOC(=O)c1nnn(Cc2ccoc2)c1CCl. The smallest absolute Gasteiger partial charge is 0.360 e. The van der Waals surface area contributed by atoms with E-state index >= 15 is 0 Å². The van der Waals surface area contributed by atoms with Crippen molar-refractivity contribution in [3.8, 4) is 0 Å². The van der Waals surface area contributed by atoms with Crippen LogP contribution in [0.5, 0.6) is 0 Å². The standard InChI is InChI=1S/C11H12ClN3O3/c1-2-18-11(16)10-9(5-12)15(14-13-10)6-8-3-4-17-7-8/h3-4,7H,2,5-6H2,1H3. The molecular formula is C11H12ClN3O3. The summed E-state index contributed by atoms with van der Waals surface area (Å²) in [7, 11) is 0. The van der Waals surface area contributed by atoms with Gasteiger partial charge in [0.25, 0.3) is 0 Å². The number of aromatic nitrogens is 3. The van der Waals surface area contributed by atoms with E-state index < -0.39 is 5.97 Å². The lowest BCUT2D eigenvalue weighted by Crippen LogP contribution is -2.10. The summed E-state index contributed by atoms with van der Waals surface area (Å²) >= 11 is 5.83. The number of esters is 1. The Kier molecular flexibility index (Phi) is 3.99. The lowest BCUT2D eigenvalue weighted by molar-refractivity contribution is 0.0518. The maximum absolute atomic E-state index is 11.6. The van der Waals surface area contributed by atoms with Gasteiger partial charge in [0.2, 0.25) is 0 Å². The minimum atomic E-state index is -0.508. The van der Waals surface area contributed by atoms with Crippen molar-refractivity contribution >= 4 is 17.6 Å². The molecule has 0 saturated heterocycles. The first-order valence-electron chi connectivity index (χ1n) is 5.42. The molecule has 0 amide bonds. The first kappa shape index (κ1) is 12.6. The van der Waals surface area contributed by atoms with Crippen molar-refractivity contribution in [1.29, 1.82) is 0 Å². The van der Waals surface area contributed by atoms with E-state index in [-0.39, 0.29) is 18.2 Å². The Morgan fingerprint density at radius 2 is 2.44 bits per heavy atom. The third-order valence-corrected chi connectivity index (χ3v) is 2.60. The van der Waals surface area contributed by atoms with Crippen molar-refractivity contribution in [2.45, 2.75) is 19.3 Å². The monoisotopic (exact) mass is 269 g/mol. The van der Waals surface area contributed by atoms with Gasteiger partial charge in [-0.2, -0.15) is 0 Å². The average Bonchev–Trinajstić information content (AvgIpc) is 2.99. The molecule has 2 aromatic heterocycles. The van der Waals surface area contributed by atoms with Gasteiger partial charge >= 0.3 is 5.97 Å². The fraction of sp³-hybridized carbons (Fsp3) is 0.364. The Balaban J connectivity index is 2.24. The Labute approximate surface area is 108 Å². The predicted octanol–water partition coefficient (Wildman–Crippen LogP) is 1.83. The molecule has 0 fully saturated rings. The first-order valence-corrected chi connectivity index (χ1v) is 5.96. The zero-order chi connectivity index (χ0) is 13.0. The zero-order valence-corrected chi connectivity index (χ0v) is 10.6. The second-order valence-electron chi connectivity index (χ2n) is 3.53. The third-order valence-electron chi connectivity index (χ3n) is 2.35. The van der Waals surface area contributed by atoms with Crippen molar-refractivity contribution < 1.29 is 13.9 Å². The minimum Gasteiger partial charge on any atom is -0.472 e. The highest BCUT2D eigenvalue weighted by Crippen LogP contribution is 2.13. The van der Waals surface area contributed by atoms with Crippen molar-refractivity contribution in [3.63, 3.8) is 0 Å². The summed E-state index contributed by atoms with van der Waals surface area (Å²) < 4.78 is 11.4. The predicted molar refractivity (Wildman–Crippen MR) is 63.3 cm³/mol. The summed E-state index contributed by atoms with van der Waals surface area (Å²) in [5, 5.41) is 7.71. The van der Waals surface area contributed by atoms with Crippen LogP contribution in [-0.2, 0) is 17.2 Å². The summed E-state index contributed by atoms with van der Waals surface area (Å²) in [5.74, 6) is -0.370. The number of carbonyl (C=O) groups is 1. The summed E-state index contributed by atoms with van der Waals surface area (Å²) in [5.41, 5.74) is 1.62. The van der Waals surface area contributed by atoms with Crippen LogP contribution in [0.2, 0.25) is 0 Å². The van der Waals surface area contributed by atoms with Crippen LogP contribution in [0.25, 0.3) is 0 Å². The van der Waals surface area contributed by atoms with Gasteiger partial charge in [-0.05, 0) is 13.0 Å². The first-order chi connectivity index (χ1) is 8.76. The lowest BCUT2D eigenvalue weighted by Gasteiger charge is -2.03. The van der Waals surface area contributed by atoms with Gasteiger partial charge in [-0.3, -0.25) is 0 Å². The van der Waals surface area contributed by atoms with Gasteiger partial charge in [0.1, 0.15) is 0 Å². The number of ether oxygens (including phenoxy) is 1. The maximum Gasteiger partial charge on any atom is 0.360 e. The van der Waals surface area contributed by atoms with E-state index in [2.05, 4.69) is 10.3 Å². The highest BCUT2D eigenvalue weighted by Gasteiger charge is 2.20. The number of rotatable bonds is 5. The van der Waals surface area contributed by atoms with Gasteiger partial charge in [0, 0.05) is 5.56 Å². The molecule has 18 heavy (non-hydrogen) atoms. The summed E-state index contributed by atoms with van der Waals surface area (Å²) in [6, 6.07) is 1.81. The Morgan fingerprint density at radius 1 is 1.61 bits per heavy atom. The summed E-state index contributed by atoms with van der Waals surface area (Å²) in [4.78, 5) is 11.6. The molecule has 0 unspecified atom stereocenters. The van der Waals surface area contributed by atoms with Crippen LogP contribution in [0.3, 0.4) is 0 Å². The number of carbonyl (C=O) groups excluding carboxylic acids is 1.